The average Bonchev–Trinajstić information content (AvgIpc) is 2.67. The van der Waals surface area contributed by atoms with E-state index in [1.165, 1.54) is 0 Å². The number of nitrogens with zero attached hydrogens (tertiary/aromatic N) is 1. The molecule has 0 spiro atoms. The van der Waals surface area contributed by atoms with Gasteiger partial charge < -0.3 is 10.1 Å². The number of amides is 3. The third-order valence-corrected chi connectivity index (χ3v) is 2.63. The van der Waals surface area contributed by atoms with Crippen LogP contribution in [0.2, 0.25) is 0 Å². The monoisotopic (exact) mass is 234 g/mol. The van der Waals surface area contributed by atoms with Crippen molar-refractivity contribution in [3.05, 3.63) is 29.8 Å². The lowest BCUT2D eigenvalue weighted by molar-refractivity contribution is -0.115. The lowest BCUT2D eigenvalue weighted by atomic mass is 10.1. The number of imide groups is 1. The molecule has 1 heterocycles. The van der Waals surface area contributed by atoms with Crippen molar-refractivity contribution in [2.45, 2.75) is 6.42 Å². The highest BCUT2D eigenvalue weighted by Gasteiger charge is 2.29. The van der Waals surface area contributed by atoms with Crippen molar-refractivity contribution in [1.82, 2.24) is 5.32 Å². The molecular formula is C12H14N2O3. The summed E-state index contributed by atoms with van der Waals surface area (Å²) in [6.45, 7) is 0.729. The van der Waals surface area contributed by atoms with E-state index in [2.05, 4.69) is 5.32 Å². The maximum absolute atomic E-state index is 11.5. The number of benzene rings is 1. The second-order valence-corrected chi connectivity index (χ2v) is 3.80. The summed E-state index contributed by atoms with van der Waals surface area (Å²) in [4.78, 5) is 24.0. The maximum Gasteiger partial charge on any atom is 0.329 e. The first-order valence-corrected chi connectivity index (χ1v) is 5.41. The molecule has 90 valence electrons. The molecule has 1 aliphatic heterocycles. The lowest BCUT2D eigenvalue weighted by Gasteiger charge is -2.12. The summed E-state index contributed by atoms with van der Waals surface area (Å²) in [6.07, 6.45) is 0.816. The number of methoxy groups -OCH3 is 1. The molecule has 1 aromatic rings. The molecule has 2 rings (SSSR count). The smallest absolute Gasteiger partial charge is 0.329 e. The number of ether oxygens (including phenoxy) is 1. The topological polar surface area (TPSA) is 58.6 Å². The minimum Gasteiger partial charge on any atom is -0.384 e. The predicted octanol–water partition coefficient (Wildman–Crippen LogP) is 0.932. The van der Waals surface area contributed by atoms with Gasteiger partial charge in [0.2, 0.25) is 0 Å². The molecule has 0 saturated carbocycles. The molecule has 0 radical (unpaired) electrons. The Morgan fingerprint density at radius 3 is 2.53 bits per heavy atom. The first kappa shape index (κ1) is 11.6. The number of carbonyl (C=O) groups is 2. The van der Waals surface area contributed by atoms with Crippen LogP contribution in [0, 0.1) is 0 Å². The van der Waals surface area contributed by atoms with Crippen molar-refractivity contribution in [1.29, 1.82) is 0 Å². The molecule has 5 nitrogen and oxygen atoms in total. The van der Waals surface area contributed by atoms with Crippen LogP contribution in [0.4, 0.5) is 10.5 Å². The fraction of sp³-hybridized carbons (Fsp3) is 0.333. The van der Waals surface area contributed by atoms with Crippen molar-refractivity contribution in [2.24, 2.45) is 0 Å². The summed E-state index contributed by atoms with van der Waals surface area (Å²) in [7, 11) is 1.65. The molecular weight excluding hydrogens is 220 g/mol. The van der Waals surface area contributed by atoms with E-state index >= 15 is 0 Å². The Hall–Kier alpha value is -1.88. The van der Waals surface area contributed by atoms with Gasteiger partial charge in [-0.05, 0) is 24.1 Å². The van der Waals surface area contributed by atoms with Crippen molar-refractivity contribution in [3.63, 3.8) is 0 Å². The van der Waals surface area contributed by atoms with E-state index in [9.17, 15) is 9.59 Å². The Morgan fingerprint density at radius 1 is 1.29 bits per heavy atom. The van der Waals surface area contributed by atoms with Gasteiger partial charge in [-0.1, -0.05) is 12.1 Å². The molecule has 0 atom stereocenters. The number of carbonyl (C=O) groups excluding carboxylic acids is 2. The molecule has 17 heavy (non-hydrogen) atoms. The van der Waals surface area contributed by atoms with E-state index in [1.54, 1.807) is 19.2 Å². The van der Waals surface area contributed by atoms with Crippen LogP contribution in [0.25, 0.3) is 0 Å². The first-order chi connectivity index (χ1) is 8.22. The zero-order valence-electron chi connectivity index (χ0n) is 9.60. The number of urea groups is 1. The largest absolute Gasteiger partial charge is 0.384 e. The second kappa shape index (κ2) is 4.97. The van der Waals surface area contributed by atoms with Gasteiger partial charge in [0.05, 0.1) is 18.8 Å². The van der Waals surface area contributed by atoms with Crippen molar-refractivity contribution in [2.75, 3.05) is 25.2 Å². The van der Waals surface area contributed by atoms with E-state index in [-0.39, 0.29) is 18.5 Å². The van der Waals surface area contributed by atoms with Crippen molar-refractivity contribution >= 4 is 17.6 Å². The predicted molar refractivity (Wildman–Crippen MR) is 62.9 cm³/mol. The van der Waals surface area contributed by atoms with Gasteiger partial charge in [-0.25, -0.2) is 9.69 Å². The van der Waals surface area contributed by atoms with Crippen molar-refractivity contribution in [3.8, 4) is 0 Å². The molecule has 0 aromatic heterocycles. The van der Waals surface area contributed by atoms with Crippen molar-refractivity contribution < 1.29 is 14.3 Å². The van der Waals surface area contributed by atoms with Crippen LogP contribution in [0.1, 0.15) is 5.56 Å². The normalized spacial score (nSPS) is 15.2. The Bertz CT molecular complexity index is 412. The Kier molecular flexibility index (Phi) is 3.39. The van der Waals surface area contributed by atoms with E-state index in [0.717, 1.165) is 16.9 Å². The van der Waals surface area contributed by atoms with Crippen LogP contribution < -0.4 is 10.2 Å². The zero-order chi connectivity index (χ0) is 12.3. The number of hydrogen-bond acceptors (Lipinski definition) is 3. The molecule has 1 N–H and O–H groups in total. The number of rotatable bonds is 4. The number of anilines is 1. The highest BCUT2D eigenvalue weighted by atomic mass is 16.5. The summed E-state index contributed by atoms with van der Waals surface area (Å²) in [5, 5.41) is 2.48. The molecule has 1 saturated heterocycles. The van der Waals surface area contributed by atoms with Gasteiger partial charge in [0.15, 0.2) is 0 Å². The van der Waals surface area contributed by atoms with Gasteiger partial charge in [0.25, 0.3) is 5.91 Å². The van der Waals surface area contributed by atoms with Crippen LogP contribution in [-0.4, -0.2) is 32.2 Å². The molecule has 1 aliphatic rings. The Labute approximate surface area is 99.4 Å². The van der Waals surface area contributed by atoms with E-state index in [1.807, 2.05) is 12.1 Å². The molecule has 1 aromatic carbocycles. The maximum atomic E-state index is 11.5. The van der Waals surface area contributed by atoms with Crippen LogP contribution >= 0.6 is 0 Å². The van der Waals surface area contributed by atoms with Gasteiger partial charge in [-0.2, -0.15) is 0 Å². The van der Waals surface area contributed by atoms with Gasteiger partial charge >= 0.3 is 6.03 Å². The molecule has 0 bridgehead atoms. The molecule has 5 heteroatoms. The van der Waals surface area contributed by atoms with Gasteiger partial charge in [0.1, 0.15) is 0 Å². The van der Waals surface area contributed by atoms with Gasteiger partial charge in [-0.3, -0.25) is 4.79 Å². The lowest BCUT2D eigenvalue weighted by Crippen LogP contribution is -2.30. The fourth-order valence-electron chi connectivity index (χ4n) is 1.72. The summed E-state index contributed by atoms with van der Waals surface area (Å²) in [5.41, 5.74) is 1.72. The van der Waals surface area contributed by atoms with E-state index in [0.29, 0.717) is 12.3 Å². The quantitative estimate of drug-likeness (QED) is 0.788. The number of hydrogen-bond donors (Lipinski definition) is 1. The van der Waals surface area contributed by atoms with Crippen LogP contribution in [0.5, 0.6) is 0 Å². The van der Waals surface area contributed by atoms with Crippen LogP contribution in [0.15, 0.2) is 24.3 Å². The van der Waals surface area contributed by atoms with Gasteiger partial charge in [0, 0.05) is 7.11 Å². The third kappa shape index (κ3) is 2.45. The highest BCUT2D eigenvalue weighted by molar-refractivity contribution is 6.19. The third-order valence-electron chi connectivity index (χ3n) is 2.63. The first-order valence-electron chi connectivity index (χ1n) is 5.41. The van der Waals surface area contributed by atoms with E-state index in [4.69, 9.17) is 4.74 Å². The zero-order valence-corrected chi connectivity index (χ0v) is 9.60. The molecule has 1 fully saturated rings. The fourth-order valence-corrected chi connectivity index (χ4v) is 1.72. The van der Waals surface area contributed by atoms with Crippen LogP contribution in [0.3, 0.4) is 0 Å². The minimum absolute atomic E-state index is 0.0737. The SMILES string of the molecule is COCCc1ccc(N2C(=O)CNC2=O)cc1. The summed E-state index contributed by atoms with van der Waals surface area (Å²) in [5.74, 6) is -0.223. The van der Waals surface area contributed by atoms with Gasteiger partial charge in [-0.15, -0.1) is 0 Å². The Balaban J connectivity index is 2.12. The van der Waals surface area contributed by atoms with E-state index < -0.39 is 0 Å². The molecule has 0 aliphatic carbocycles. The Morgan fingerprint density at radius 2 is 2.00 bits per heavy atom. The molecule has 0 unspecified atom stereocenters. The summed E-state index contributed by atoms with van der Waals surface area (Å²) < 4.78 is 4.98. The highest BCUT2D eigenvalue weighted by Crippen LogP contribution is 2.18. The summed E-state index contributed by atoms with van der Waals surface area (Å²) in [6, 6.07) is 6.97. The standard InChI is InChI=1S/C12H14N2O3/c1-17-7-6-9-2-4-10(5-3-9)14-11(15)8-13-12(14)16/h2-5H,6-8H2,1H3,(H,13,16). The average molecular weight is 234 g/mol. The van der Waals surface area contributed by atoms with Crippen LogP contribution in [-0.2, 0) is 16.0 Å². The summed E-state index contributed by atoms with van der Waals surface area (Å²) >= 11 is 0. The minimum atomic E-state index is -0.361. The second-order valence-electron chi connectivity index (χ2n) is 3.80. The number of nitrogens with one attached hydrogen (secondary N) is 1. The molecule has 3 amide bonds.